The van der Waals surface area contributed by atoms with Crippen molar-refractivity contribution in [2.45, 2.75) is 18.9 Å². The molecule has 0 aliphatic heterocycles. The van der Waals surface area contributed by atoms with E-state index >= 15 is 0 Å². The van der Waals surface area contributed by atoms with Gasteiger partial charge in [0.25, 0.3) is 0 Å². The van der Waals surface area contributed by atoms with Crippen LogP contribution in [0.1, 0.15) is 22.6 Å². The van der Waals surface area contributed by atoms with Crippen LogP contribution in [0.3, 0.4) is 0 Å². The van der Waals surface area contributed by atoms with Crippen LogP contribution in [-0.4, -0.2) is 20.2 Å². The van der Waals surface area contributed by atoms with Gasteiger partial charge in [-0.15, -0.1) is 0 Å². The largest absolute Gasteiger partial charge is 0.469 e. The van der Waals surface area contributed by atoms with Crippen LogP contribution in [0, 0.1) is 0 Å². The molecule has 2 aromatic carbocycles. The summed E-state index contributed by atoms with van der Waals surface area (Å²) >= 11 is 0. The zero-order valence-corrected chi connectivity index (χ0v) is 12.4. The molecule has 0 N–H and O–H groups in total. The molecule has 1 atom stereocenters. The molecule has 0 aliphatic rings. The van der Waals surface area contributed by atoms with E-state index in [2.05, 4.69) is 0 Å². The third kappa shape index (κ3) is 4.17. The minimum atomic E-state index is -0.297. The molecule has 2 rings (SSSR count). The molecule has 0 spiro atoms. The molecule has 0 aromatic heterocycles. The van der Waals surface area contributed by atoms with E-state index in [9.17, 15) is 4.79 Å². The first-order valence-corrected chi connectivity index (χ1v) is 6.94. The van der Waals surface area contributed by atoms with Gasteiger partial charge in [-0.3, -0.25) is 4.79 Å². The van der Waals surface area contributed by atoms with Crippen molar-refractivity contribution in [2.75, 3.05) is 14.2 Å². The van der Waals surface area contributed by atoms with Crippen molar-refractivity contribution in [1.82, 2.24) is 0 Å². The number of ether oxygens (including phenoxy) is 2. The molecule has 0 heterocycles. The van der Waals surface area contributed by atoms with Gasteiger partial charge in [0.05, 0.1) is 19.6 Å². The van der Waals surface area contributed by atoms with Crippen molar-refractivity contribution in [3.05, 3.63) is 71.3 Å². The fraction of sp³-hybridized carbons (Fsp3) is 0.278. The topological polar surface area (TPSA) is 35.5 Å². The van der Waals surface area contributed by atoms with Crippen molar-refractivity contribution in [2.24, 2.45) is 0 Å². The monoisotopic (exact) mass is 284 g/mol. The van der Waals surface area contributed by atoms with Crippen molar-refractivity contribution in [1.29, 1.82) is 0 Å². The average Bonchev–Trinajstić information content (AvgIpc) is 2.53. The third-order valence-electron chi connectivity index (χ3n) is 3.43. The molecule has 0 saturated carbocycles. The summed E-state index contributed by atoms with van der Waals surface area (Å²) in [6.45, 7) is 0.535. The van der Waals surface area contributed by atoms with E-state index < -0.39 is 0 Å². The van der Waals surface area contributed by atoms with Gasteiger partial charge in [-0.25, -0.2) is 0 Å². The van der Waals surface area contributed by atoms with Crippen LogP contribution in [-0.2, 0) is 27.3 Å². The molecule has 0 radical (unpaired) electrons. The van der Waals surface area contributed by atoms with E-state index in [0.29, 0.717) is 13.0 Å². The molecule has 0 saturated heterocycles. The molecule has 0 unspecified atom stereocenters. The quantitative estimate of drug-likeness (QED) is 0.763. The van der Waals surface area contributed by atoms with Crippen molar-refractivity contribution < 1.29 is 14.3 Å². The molecule has 110 valence electrons. The van der Waals surface area contributed by atoms with Crippen LogP contribution >= 0.6 is 0 Å². The summed E-state index contributed by atoms with van der Waals surface area (Å²) in [5.74, 6) is -0.511. The molecule has 3 nitrogen and oxygen atoms in total. The Hall–Kier alpha value is -2.13. The standard InChI is InChI=1S/C18H20O3/c1-20-13-15-9-6-10-16(11-15)17(18(19)21-2)12-14-7-4-3-5-8-14/h3-11,17H,12-13H2,1-2H3/t17-/m1/s1. The first-order chi connectivity index (χ1) is 10.2. The molecule has 0 fully saturated rings. The first kappa shape index (κ1) is 15.3. The number of carbonyl (C=O) groups is 1. The maximum atomic E-state index is 12.1. The normalized spacial score (nSPS) is 11.9. The Kier molecular flexibility index (Phi) is 5.52. The molecule has 0 aliphatic carbocycles. The van der Waals surface area contributed by atoms with Crippen molar-refractivity contribution in [3.63, 3.8) is 0 Å². The lowest BCUT2D eigenvalue weighted by molar-refractivity contribution is -0.142. The van der Waals surface area contributed by atoms with E-state index in [-0.39, 0.29) is 11.9 Å². The molecule has 0 amide bonds. The molecule has 3 heteroatoms. The molecule has 0 bridgehead atoms. The van der Waals surface area contributed by atoms with Crippen LogP contribution in [0.4, 0.5) is 0 Å². The smallest absolute Gasteiger partial charge is 0.313 e. The summed E-state index contributed by atoms with van der Waals surface area (Å²) in [6.07, 6.45) is 0.629. The van der Waals surface area contributed by atoms with E-state index in [0.717, 1.165) is 16.7 Å². The zero-order valence-electron chi connectivity index (χ0n) is 12.4. The second kappa shape index (κ2) is 7.60. The fourth-order valence-corrected chi connectivity index (χ4v) is 2.40. The average molecular weight is 284 g/mol. The van der Waals surface area contributed by atoms with Crippen LogP contribution < -0.4 is 0 Å². The highest BCUT2D eigenvalue weighted by molar-refractivity contribution is 5.78. The fourth-order valence-electron chi connectivity index (χ4n) is 2.40. The maximum absolute atomic E-state index is 12.1. The minimum absolute atomic E-state index is 0.214. The number of methoxy groups -OCH3 is 2. The van der Waals surface area contributed by atoms with E-state index in [1.165, 1.54) is 7.11 Å². The number of carbonyl (C=O) groups excluding carboxylic acids is 1. The molecule has 21 heavy (non-hydrogen) atoms. The molecular formula is C18H20O3. The second-order valence-corrected chi connectivity index (χ2v) is 4.94. The van der Waals surface area contributed by atoms with Crippen LogP contribution in [0.25, 0.3) is 0 Å². The van der Waals surface area contributed by atoms with Crippen LogP contribution in [0.5, 0.6) is 0 Å². The first-order valence-electron chi connectivity index (χ1n) is 6.94. The van der Waals surface area contributed by atoms with Gasteiger partial charge in [-0.1, -0.05) is 54.6 Å². The molecule has 2 aromatic rings. The number of esters is 1. The summed E-state index contributed by atoms with van der Waals surface area (Å²) in [5.41, 5.74) is 3.13. The van der Waals surface area contributed by atoms with Gasteiger partial charge < -0.3 is 9.47 Å². The highest BCUT2D eigenvalue weighted by Gasteiger charge is 2.22. The van der Waals surface area contributed by atoms with Gasteiger partial charge >= 0.3 is 5.97 Å². The summed E-state index contributed by atoms with van der Waals surface area (Å²) in [7, 11) is 3.09. The van der Waals surface area contributed by atoms with Crippen molar-refractivity contribution >= 4 is 5.97 Å². The number of rotatable bonds is 6. The number of hydrogen-bond acceptors (Lipinski definition) is 3. The Bertz CT molecular complexity index is 578. The highest BCUT2D eigenvalue weighted by Crippen LogP contribution is 2.23. The highest BCUT2D eigenvalue weighted by atomic mass is 16.5. The second-order valence-electron chi connectivity index (χ2n) is 4.94. The summed E-state index contributed by atoms with van der Waals surface area (Å²) in [6, 6.07) is 17.9. The Morgan fingerprint density at radius 1 is 1.00 bits per heavy atom. The number of benzene rings is 2. The van der Waals surface area contributed by atoms with Gasteiger partial charge in [-0.2, -0.15) is 0 Å². The number of hydrogen-bond donors (Lipinski definition) is 0. The predicted octanol–water partition coefficient (Wildman–Crippen LogP) is 3.33. The summed E-state index contributed by atoms with van der Waals surface area (Å²) in [5, 5.41) is 0. The van der Waals surface area contributed by atoms with Gasteiger partial charge in [0.15, 0.2) is 0 Å². The Labute approximate surface area is 125 Å². The zero-order chi connectivity index (χ0) is 15.1. The van der Waals surface area contributed by atoms with Crippen molar-refractivity contribution in [3.8, 4) is 0 Å². The van der Waals surface area contributed by atoms with E-state index in [4.69, 9.17) is 9.47 Å². The SMILES string of the molecule is COCc1cccc([C@@H](Cc2ccccc2)C(=O)OC)c1. The van der Waals surface area contributed by atoms with Gasteiger partial charge in [-0.05, 0) is 23.1 Å². The lowest BCUT2D eigenvalue weighted by Gasteiger charge is -2.16. The van der Waals surface area contributed by atoms with Crippen LogP contribution in [0.15, 0.2) is 54.6 Å². The Balaban J connectivity index is 2.27. The van der Waals surface area contributed by atoms with Gasteiger partial charge in [0, 0.05) is 7.11 Å². The van der Waals surface area contributed by atoms with Gasteiger partial charge in [0.1, 0.15) is 0 Å². The lowest BCUT2D eigenvalue weighted by Crippen LogP contribution is -2.17. The van der Waals surface area contributed by atoms with E-state index in [1.807, 2.05) is 54.6 Å². The molecular weight excluding hydrogens is 264 g/mol. The Morgan fingerprint density at radius 3 is 2.38 bits per heavy atom. The summed E-state index contributed by atoms with van der Waals surface area (Å²) in [4.78, 5) is 12.1. The third-order valence-corrected chi connectivity index (χ3v) is 3.43. The maximum Gasteiger partial charge on any atom is 0.313 e. The van der Waals surface area contributed by atoms with Gasteiger partial charge in [0.2, 0.25) is 0 Å². The Morgan fingerprint density at radius 2 is 1.71 bits per heavy atom. The predicted molar refractivity (Wildman–Crippen MR) is 82.1 cm³/mol. The lowest BCUT2D eigenvalue weighted by atomic mass is 9.91. The van der Waals surface area contributed by atoms with Crippen LogP contribution in [0.2, 0.25) is 0 Å². The van der Waals surface area contributed by atoms with E-state index in [1.54, 1.807) is 7.11 Å². The minimum Gasteiger partial charge on any atom is -0.469 e. The summed E-state index contributed by atoms with van der Waals surface area (Å²) < 4.78 is 10.1.